The van der Waals surface area contributed by atoms with E-state index in [1.54, 1.807) is 0 Å². The molecular weight excluding hydrogens is 176 g/mol. The highest BCUT2D eigenvalue weighted by Crippen LogP contribution is 2.40. The molecule has 0 aromatic heterocycles. The number of hydrogen-bond acceptors (Lipinski definition) is 2. The summed E-state index contributed by atoms with van der Waals surface area (Å²) in [6, 6.07) is 6.30. The van der Waals surface area contributed by atoms with Gasteiger partial charge in [-0.1, -0.05) is 18.2 Å². The number of ether oxygens (including phenoxy) is 1. The van der Waals surface area contributed by atoms with Crippen LogP contribution in [-0.2, 0) is 12.8 Å². The molecule has 74 valence electrons. The first-order valence-corrected chi connectivity index (χ1v) is 5.29. The molecule has 0 saturated carbocycles. The zero-order valence-electron chi connectivity index (χ0n) is 8.12. The van der Waals surface area contributed by atoms with Crippen LogP contribution >= 0.6 is 0 Å². The van der Waals surface area contributed by atoms with E-state index in [4.69, 9.17) is 4.74 Å². The third-order valence-electron chi connectivity index (χ3n) is 3.27. The van der Waals surface area contributed by atoms with E-state index in [0.29, 0.717) is 0 Å². The van der Waals surface area contributed by atoms with Crippen molar-refractivity contribution in [2.24, 2.45) is 0 Å². The molecule has 0 radical (unpaired) electrons. The summed E-state index contributed by atoms with van der Waals surface area (Å²) in [7, 11) is 0. The van der Waals surface area contributed by atoms with Gasteiger partial charge in [0.15, 0.2) is 0 Å². The van der Waals surface area contributed by atoms with Crippen LogP contribution in [0.25, 0.3) is 0 Å². The Kier molecular flexibility index (Phi) is 1.62. The number of aliphatic hydroxyl groups is 1. The Bertz CT molecular complexity index is 373. The van der Waals surface area contributed by atoms with Crippen molar-refractivity contribution in [3.05, 3.63) is 29.3 Å². The molecule has 2 heteroatoms. The fourth-order valence-corrected chi connectivity index (χ4v) is 2.46. The van der Waals surface area contributed by atoms with Crippen LogP contribution in [0.15, 0.2) is 18.2 Å². The van der Waals surface area contributed by atoms with Gasteiger partial charge in [0.25, 0.3) is 0 Å². The second-order valence-corrected chi connectivity index (χ2v) is 4.31. The van der Waals surface area contributed by atoms with Gasteiger partial charge in [-0.05, 0) is 30.4 Å². The van der Waals surface area contributed by atoms with Gasteiger partial charge in [0, 0.05) is 12.8 Å². The Balaban J connectivity index is 2.16. The monoisotopic (exact) mass is 190 g/mol. The molecule has 2 aliphatic heterocycles. The van der Waals surface area contributed by atoms with Gasteiger partial charge in [0.1, 0.15) is 5.75 Å². The minimum Gasteiger partial charge on any atom is -0.462 e. The first kappa shape index (κ1) is 8.30. The van der Waals surface area contributed by atoms with Crippen LogP contribution in [0, 0.1) is 0 Å². The average Bonchev–Trinajstić information content (AvgIpc) is 2.33. The van der Waals surface area contributed by atoms with Gasteiger partial charge < -0.3 is 9.84 Å². The highest BCUT2D eigenvalue weighted by atomic mass is 16.6. The number of fused-ring (bicyclic) bond motifs is 1. The van der Waals surface area contributed by atoms with Crippen molar-refractivity contribution in [2.45, 2.75) is 37.9 Å². The van der Waals surface area contributed by atoms with E-state index in [2.05, 4.69) is 18.2 Å². The van der Waals surface area contributed by atoms with E-state index in [1.165, 1.54) is 11.1 Å². The third-order valence-corrected chi connectivity index (χ3v) is 3.27. The SMILES string of the molecule is OC12CCCc3cccc(c3O1)CC2. The van der Waals surface area contributed by atoms with E-state index in [1.807, 2.05) is 0 Å². The second-order valence-electron chi connectivity index (χ2n) is 4.31. The van der Waals surface area contributed by atoms with Gasteiger partial charge in [-0.2, -0.15) is 0 Å². The Labute approximate surface area is 83.5 Å². The Morgan fingerprint density at radius 2 is 1.93 bits per heavy atom. The quantitative estimate of drug-likeness (QED) is 0.678. The molecule has 3 rings (SSSR count). The zero-order chi connectivity index (χ0) is 9.60. The van der Waals surface area contributed by atoms with Crippen molar-refractivity contribution in [1.82, 2.24) is 0 Å². The number of para-hydroxylation sites is 1. The lowest BCUT2D eigenvalue weighted by atomic mass is 9.98. The Morgan fingerprint density at radius 1 is 1.14 bits per heavy atom. The Hall–Kier alpha value is -1.02. The van der Waals surface area contributed by atoms with Crippen LogP contribution in [0.5, 0.6) is 5.75 Å². The fourth-order valence-electron chi connectivity index (χ4n) is 2.46. The predicted octanol–water partition coefficient (Wildman–Crippen LogP) is 2.04. The Morgan fingerprint density at radius 3 is 2.79 bits per heavy atom. The summed E-state index contributed by atoms with van der Waals surface area (Å²) in [6.45, 7) is 0. The molecule has 1 N–H and O–H groups in total. The summed E-state index contributed by atoms with van der Waals surface area (Å²) in [4.78, 5) is 0. The molecule has 0 saturated heterocycles. The maximum absolute atomic E-state index is 10.1. The predicted molar refractivity (Wildman–Crippen MR) is 53.3 cm³/mol. The van der Waals surface area contributed by atoms with Crippen LogP contribution in [0.1, 0.15) is 30.4 Å². The standard InChI is InChI=1S/C12H14O2/c13-12-7-2-5-9-3-1-4-10(6-8-12)11(9)14-12/h1,3-4,13H,2,5-8H2. The number of rotatable bonds is 0. The molecule has 0 fully saturated rings. The molecule has 2 nitrogen and oxygen atoms in total. The maximum Gasteiger partial charge on any atom is 0.208 e. The van der Waals surface area contributed by atoms with Crippen molar-refractivity contribution >= 4 is 0 Å². The van der Waals surface area contributed by atoms with Gasteiger partial charge in [-0.3, -0.25) is 0 Å². The van der Waals surface area contributed by atoms with E-state index >= 15 is 0 Å². The van der Waals surface area contributed by atoms with Crippen molar-refractivity contribution in [3.8, 4) is 5.75 Å². The summed E-state index contributed by atoms with van der Waals surface area (Å²) in [5.41, 5.74) is 2.52. The molecule has 1 aromatic rings. The average molecular weight is 190 g/mol. The van der Waals surface area contributed by atoms with Crippen molar-refractivity contribution in [1.29, 1.82) is 0 Å². The largest absolute Gasteiger partial charge is 0.462 e. The van der Waals surface area contributed by atoms with Crippen LogP contribution in [0.2, 0.25) is 0 Å². The fraction of sp³-hybridized carbons (Fsp3) is 0.500. The van der Waals surface area contributed by atoms with Crippen molar-refractivity contribution in [3.63, 3.8) is 0 Å². The summed E-state index contributed by atoms with van der Waals surface area (Å²) >= 11 is 0. The molecule has 2 bridgehead atoms. The van der Waals surface area contributed by atoms with E-state index < -0.39 is 5.79 Å². The van der Waals surface area contributed by atoms with Gasteiger partial charge >= 0.3 is 0 Å². The number of aryl methyl sites for hydroxylation is 2. The lowest BCUT2D eigenvalue weighted by Crippen LogP contribution is -2.38. The minimum atomic E-state index is -0.875. The smallest absolute Gasteiger partial charge is 0.208 e. The van der Waals surface area contributed by atoms with Crippen molar-refractivity contribution < 1.29 is 9.84 Å². The topological polar surface area (TPSA) is 29.5 Å². The summed E-state index contributed by atoms with van der Waals surface area (Å²) in [5, 5.41) is 10.1. The third kappa shape index (κ3) is 1.14. The van der Waals surface area contributed by atoms with Gasteiger partial charge in [-0.15, -0.1) is 0 Å². The summed E-state index contributed by atoms with van der Waals surface area (Å²) in [6.07, 6.45) is 4.50. The van der Waals surface area contributed by atoms with Gasteiger partial charge in [0.2, 0.25) is 5.79 Å². The van der Waals surface area contributed by atoms with Crippen LogP contribution < -0.4 is 4.74 Å². The summed E-state index contributed by atoms with van der Waals surface area (Å²) in [5.74, 6) is 0.0818. The van der Waals surface area contributed by atoms with E-state index in [-0.39, 0.29) is 0 Å². The zero-order valence-corrected chi connectivity index (χ0v) is 8.12. The number of benzene rings is 1. The lowest BCUT2D eigenvalue weighted by Gasteiger charge is -2.33. The summed E-state index contributed by atoms with van der Waals surface area (Å²) < 4.78 is 5.72. The van der Waals surface area contributed by atoms with E-state index in [0.717, 1.165) is 37.9 Å². The minimum absolute atomic E-state index is 0.740. The van der Waals surface area contributed by atoms with Gasteiger partial charge in [-0.25, -0.2) is 0 Å². The van der Waals surface area contributed by atoms with Crippen LogP contribution in [0.3, 0.4) is 0 Å². The highest BCUT2D eigenvalue weighted by molar-refractivity contribution is 5.44. The van der Waals surface area contributed by atoms with Crippen molar-refractivity contribution in [2.75, 3.05) is 0 Å². The van der Waals surface area contributed by atoms with E-state index in [9.17, 15) is 5.11 Å². The molecule has 2 aliphatic rings. The molecule has 0 aliphatic carbocycles. The van der Waals surface area contributed by atoms with Crippen LogP contribution in [-0.4, -0.2) is 10.9 Å². The highest BCUT2D eigenvalue weighted by Gasteiger charge is 2.36. The second kappa shape index (κ2) is 2.74. The molecular formula is C12H14O2. The molecule has 1 unspecified atom stereocenters. The molecule has 0 amide bonds. The van der Waals surface area contributed by atoms with Crippen LogP contribution in [0.4, 0.5) is 0 Å². The molecule has 14 heavy (non-hydrogen) atoms. The maximum atomic E-state index is 10.1. The first-order chi connectivity index (χ1) is 6.77. The lowest BCUT2D eigenvalue weighted by molar-refractivity contribution is -0.152. The normalized spacial score (nSPS) is 29.2. The van der Waals surface area contributed by atoms with Gasteiger partial charge in [0.05, 0.1) is 0 Å². The molecule has 0 spiro atoms. The molecule has 2 heterocycles. The number of hydrogen-bond donors (Lipinski definition) is 1. The molecule has 1 atom stereocenters. The first-order valence-electron chi connectivity index (χ1n) is 5.29. The molecule has 1 aromatic carbocycles.